The van der Waals surface area contributed by atoms with Crippen LogP contribution in [-0.2, 0) is 0 Å². The van der Waals surface area contributed by atoms with Crippen LogP contribution in [0.2, 0.25) is 5.02 Å². The molecular weight excluding hydrogens is 275 g/mol. The molecule has 0 aliphatic carbocycles. The molecule has 0 aromatic heterocycles. The van der Waals surface area contributed by atoms with E-state index in [0.29, 0.717) is 16.7 Å². The molecule has 0 aliphatic heterocycles. The van der Waals surface area contributed by atoms with E-state index >= 15 is 0 Å². The number of benzene rings is 2. The molecule has 0 atom stereocenters. The zero-order chi connectivity index (χ0) is 15.0. The van der Waals surface area contributed by atoms with Crippen molar-refractivity contribution in [3.63, 3.8) is 0 Å². The Hall–Kier alpha value is -1.67. The van der Waals surface area contributed by atoms with Crippen LogP contribution in [0.3, 0.4) is 0 Å². The highest BCUT2D eigenvalue weighted by Gasteiger charge is 2.19. The number of hydrogen-bond donors (Lipinski definition) is 0. The van der Waals surface area contributed by atoms with E-state index < -0.39 is 5.82 Å². The molecule has 0 aliphatic rings. The monoisotopic (exact) mass is 290 g/mol. The van der Waals surface area contributed by atoms with Crippen molar-refractivity contribution in [2.45, 2.75) is 27.7 Å². The molecule has 2 rings (SSSR count). The number of ketones is 1. The first-order chi connectivity index (χ1) is 9.31. The average molecular weight is 291 g/mol. The van der Waals surface area contributed by atoms with Crippen LogP contribution >= 0.6 is 11.6 Å². The summed E-state index contributed by atoms with van der Waals surface area (Å²) in [6, 6.07) is 6.64. The fourth-order valence-electron chi connectivity index (χ4n) is 2.50. The standard InChI is InChI=1S/C17H16ClFO/c1-9-5-11(3)16(12(4)6-9)17(20)13-7-10(2)15(19)8-14(13)18/h5-8H,1-4H3. The smallest absolute Gasteiger partial charge is 0.195 e. The number of carbonyl (C=O) groups is 1. The van der Waals surface area contributed by atoms with Gasteiger partial charge in [0, 0.05) is 11.1 Å². The van der Waals surface area contributed by atoms with Gasteiger partial charge in [-0.2, -0.15) is 0 Å². The molecule has 2 aromatic rings. The maximum atomic E-state index is 13.4. The van der Waals surface area contributed by atoms with E-state index in [4.69, 9.17) is 11.6 Å². The number of carbonyl (C=O) groups excluding carboxylic acids is 1. The third kappa shape index (κ3) is 2.61. The van der Waals surface area contributed by atoms with Gasteiger partial charge in [-0.05, 0) is 56.5 Å². The van der Waals surface area contributed by atoms with Gasteiger partial charge in [0.1, 0.15) is 5.82 Å². The van der Waals surface area contributed by atoms with E-state index in [1.54, 1.807) is 6.92 Å². The van der Waals surface area contributed by atoms with Crippen molar-refractivity contribution >= 4 is 17.4 Å². The minimum atomic E-state index is -0.399. The molecule has 0 amide bonds. The summed E-state index contributed by atoms with van der Waals surface area (Å²) in [6.07, 6.45) is 0. The average Bonchev–Trinajstić information content (AvgIpc) is 2.32. The molecule has 0 fully saturated rings. The molecule has 3 heteroatoms. The highest BCUT2D eigenvalue weighted by atomic mass is 35.5. The third-order valence-electron chi connectivity index (χ3n) is 3.40. The van der Waals surface area contributed by atoms with E-state index in [2.05, 4.69) is 0 Å². The summed E-state index contributed by atoms with van der Waals surface area (Å²) in [5.74, 6) is -0.558. The lowest BCUT2D eigenvalue weighted by atomic mass is 9.92. The first-order valence-electron chi connectivity index (χ1n) is 6.39. The van der Waals surface area contributed by atoms with E-state index in [1.807, 2.05) is 32.9 Å². The second-order valence-corrected chi connectivity index (χ2v) is 5.59. The van der Waals surface area contributed by atoms with Crippen molar-refractivity contribution in [1.29, 1.82) is 0 Å². The highest BCUT2D eigenvalue weighted by molar-refractivity contribution is 6.35. The molecule has 20 heavy (non-hydrogen) atoms. The quantitative estimate of drug-likeness (QED) is 0.716. The van der Waals surface area contributed by atoms with Crippen molar-refractivity contribution in [1.82, 2.24) is 0 Å². The fraction of sp³-hybridized carbons (Fsp3) is 0.235. The molecule has 0 saturated heterocycles. The Morgan fingerprint density at radius 1 is 0.950 bits per heavy atom. The number of aryl methyl sites for hydroxylation is 4. The number of halogens is 2. The summed E-state index contributed by atoms with van der Waals surface area (Å²) in [5, 5.41) is 0.150. The van der Waals surface area contributed by atoms with Gasteiger partial charge in [0.05, 0.1) is 5.02 Å². The lowest BCUT2D eigenvalue weighted by Crippen LogP contribution is -2.08. The van der Waals surface area contributed by atoms with Gasteiger partial charge in [0.2, 0.25) is 0 Å². The van der Waals surface area contributed by atoms with Crippen molar-refractivity contribution < 1.29 is 9.18 Å². The van der Waals surface area contributed by atoms with Crippen LogP contribution in [0.15, 0.2) is 24.3 Å². The largest absolute Gasteiger partial charge is 0.289 e. The van der Waals surface area contributed by atoms with Gasteiger partial charge in [0.25, 0.3) is 0 Å². The zero-order valence-electron chi connectivity index (χ0n) is 12.0. The van der Waals surface area contributed by atoms with Crippen molar-refractivity contribution in [2.75, 3.05) is 0 Å². The Labute approximate surface area is 123 Å². The molecule has 2 aromatic carbocycles. The number of hydrogen-bond acceptors (Lipinski definition) is 1. The molecule has 104 valence electrons. The predicted octanol–water partition coefficient (Wildman–Crippen LogP) is 4.94. The fourth-order valence-corrected chi connectivity index (χ4v) is 2.74. The van der Waals surface area contributed by atoms with Gasteiger partial charge in [0.15, 0.2) is 5.78 Å². The van der Waals surface area contributed by atoms with Gasteiger partial charge in [-0.15, -0.1) is 0 Å². The van der Waals surface area contributed by atoms with Crippen LogP contribution in [0.25, 0.3) is 0 Å². The normalized spacial score (nSPS) is 10.7. The first kappa shape index (κ1) is 14.7. The minimum Gasteiger partial charge on any atom is -0.289 e. The lowest BCUT2D eigenvalue weighted by molar-refractivity contribution is 0.103. The Kier molecular flexibility index (Phi) is 3.96. The first-order valence-corrected chi connectivity index (χ1v) is 6.77. The Morgan fingerprint density at radius 2 is 1.50 bits per heavy atom. The van der Waals surface area contributed by atoms with Gasteiger partial charge in [-0.25, -0.2) is 4.39 Å². The molecule has 0 N–H and O–H groups in total. The van der Waals surface area contributed by atoms with Crippen LogP contribution in [0.1, 0.15) is 38.2 Å². The molecule has 0 spiro atoms. The molecule has 0 radical (unpaired) electrons. The van der Waals surface area contributed by atoms with Crippen LogP contribution in [0.4, 0.5) is 4.39 Å². The zero-order valence-corrected chi connectivity index (χ0v) is 12.7. The molecule has 1 nitrogen and oxygen atoms in total. The van der Waals surface area contributed by atoms with E-state index in [9.17, 15) is 9.18 Å². The summed E-state index contributed by atoms with van der Waals surface area (Å²) in [6.45, 7) is 7.41. The Bertz CT molecular complexity index is 681. The second-order valence-electron chi connectivity index (χ2n) is 5.18. The summed E-state index contributed by atoms with van der Waals surface area (Å²) in [5.41, 5.74) is 4.33. The lowest BCUT2D eigenvalue weighted by Gasteiger charge is -2.12. The molecule has 0 saturated carbocycles. The van der Waals surface area contributed by atoms with Crippen LogP contribution < -0.4 is 0 Å². The second kappa shape index (κ2) is 5.37. The minimum absolute atomic E-state index is 0.150. The van der Waals surface area contributed by atoms with Crippen LogP contribution in [-0.4, -0.2) is 5.78 Å². The Morgan fingerprint density at radius 3 is 2.05 bits per heavy atom. The van der Waals surface area contributed by atoms with Gasteiger partial charge >= 0.3 is 0 Å². The van der Waals surface area contributed by atoms with E-state index in [-0.39, 0.29) is 10.8 Å². The molecular formula is C17H16ClFO. The molecule has 0 bridgehead atoms. The van der Waals surface area contributed by atoms with Gasteiger partial charge in [-0.1, -0.05) is 29.3 Å². The van der Waals surface area contributed by atoms with Gasteiger partial charge < -0.3 is 0 Å². The Balaban J connectivity index is 2.61. The topological polar surface area (TPSA) is 17.1 Å². The van der Waals surface area contributed by atoms with Crippen molar-refractivity contribution in [2.24, 2.45) is 0 Å². The maximum Gasteiger partial charge on any atom is 0.195 e. The third-order valence-corrected chi connectivity index (χ3v) is 3.71. The van der Waals surface area contributed by atoms with Crippen molar-refractivity contribution in [3.8, 4) is 0 Å². The van der Waals surface area contributed by atoms with E-state index in [1.165, 1.54) is 12.1 Å². The summed E-state index contributed by atoms with van der Waals surface area (Å²) < 4.78 is 13.4. The SMILES string of the molecule is Cc1cc(C)c(C(=O)c2cc(C)c(F)cc2Cl)c(C)c1. The van der Waals surface area contributed by atoms with Crippen LogP contribution in [0, 0.1) is 33.5 Å². The summed E-state index contributed by atoms with van der Waals surface area (Å²) in [4.78, 5) is 12.7. The maximum absolute atomic E-state index is 13.4. The van der Waals surface area contributed by atoms with Crippen LogP contribution in [0.5, 0.6) is 0 Å². The van der Waals surface area contributed by atoms with Crippen molar-refractivity contribution in [3.05, 3.63) is 68.5 Å². The highest BCUT2D eigenvalue weighted by Crippen LogP contribution is 2.26. The summed E-state index contributed by atoms with van der Waals surface area (Å²) >= 11 is 6.02. The summed E-state index contributed by atoms with van der Waals surface area (Å²) in [7, 11) is 0. The molecule has 0 heterocycles. The van der Waals surface area contributed by atoms with Gasteiger partial charge in [-0.3, -0.25) is 4.79 Å². The number of rotatable bonds is 2. The molecule has 0 unspecified atom stereocenters. The predicted molar refractivity (Wildman–Crippen MR) is 80.2 cm³/mol. The van der Waals surface area contributed by atoms with E-state index in [0.717, 1.165) is 16.7 Å².